The van der Waals surface area contributed by atoms with Crippen molar-refractivity contribution in [3.05, 3.63) is 52.8 Å². The lowest BCUT2D eigenvalue weighted by Gasteiger charge is -2.22. The molecule has 1 aliphatic rings. The number of nitrogens with one attached hydrogen (secondary N) is 1. The van der Waals surface area contributed by atoms with Crippen LogP contribution in [0, 0.1) is 5.82 Å². The number of ether oxygens (including phenoxy) is 1. The van der Waals surface area contributed by atoms with Gasteiger partial charge in [0.05, 0.1) is 13.0 Å². The van der Waals surface area contributed by atoms with E-state index in [0.717, 1.165) is 28.8 Å². The van der Waals surface area contributed by atoms with Gasteiger partial charge < -0.3 is 15.2 Å². The first kappa shape index (κ1) is 16.5. The Labute approximate surface area is 140 Å². The molecule has 0 saturated heterocycles. The number of carboxylic acid groups (broad SMARTS) is 1. The molecule has 1 aliphatic heterocycles. The minimum absolute atomic E-state index is 0.190. The van der Waals surface area contributed by atoms with Gasteiger partial charge in [-0.05, 0) is 60.3 Å². The van der Waals surface area contributed by atoms with Gasteiger partial charge in [0.1, 0.15) is 11.6 Å². The lowest BCUT2D eigenvalue weighted by atomic mass is 9.89. The summed E-state index contributed by atoms with van der Waals surface area (Å²) in [6.45, 7) is 2.99. The van der Waals surface area contributed by atoms with E-state index in [1.807, 2.05) is 6.07 Å². The van der Waals surface area contributed by atoms with Gasteiger partial charge in [0, 0.05) is 12.1 Å². The zero-order chi connectivity index (χ0) is 17.3. The number of hydrogen-bond donors (Lipinski definition) is 2. The molecule has 0 bridgehead atoms. The Morgan fingerprint density at radius 3 is 2.75 bits per heavy atom. The monoisotopic (exact) mass is 329 g/mol. The number of carbonyl (C=O) groups is 1. The zero-order valence-electron chi connectivity index (χ0n) is 13.7. The van der Waals surface area contributed by atoms with Crippen LogP contribution in [0.3, 0.4) is 0 Å². The summed E-state index contributed by atoms with van der Waals surface area (Å²) in [5.74, 6) is -1.04. The largest absolute Gasteiger partial charge is 0.496 e. The van der Waals surface area contributed by atoms with Crippen LogP contribution in [-0.2, 0) is 17.8 Å². The Balaban J connectivity index is 2.18. The highest BCUT2D eigenvalue weighted by Crippen LogP contribution is 2.37. The molecular formula is C19H20FNO3. The average Bonchev–Trinajstić information content (AvgIpc) is 2.61. The minimum Gasteiger partial charge on any atom is -0.496 e. The average molecular weight is 329 g/mol. The summed E-state index contributed by atoms with van der Waals surface area (Å²) in [5, 5.41) is 12.5. The Morgan fingerprint density at radius 2 is 2.04 bits per heavy atom. The number of halogens is 1. The Kier molecular flexibility index (Phi) is 4.53. The van der Waals surface area contributed by atoms with Crippen molar-refractivity contribution in [3.8, 4) is 16.9 Å². The first-order valence-corrected chi connectivity index (χ1v) is 7.95. The van der Waals surface area contributed by atoms with Crippen molar-refractivity contribution in [1.29, 1.82) is 0 Å². The maximum Gasteiger partial charge on any atom is 0.310 e. The van der Waals surface area contributed by atoms with Gasteiger partial charge in [0.2, 0.25) is 0 Å². The zero-order valence-corrected chi connectivity index (χ0v) is 13.7. The van der Waals surface area contributed by atoms with Crippen molar-refractivity contribution in [3.63, 3.8) is 0 Å². The Hall–Kier alpha value is -2.40. The number of benzene rings is 2. The van der Waals surface area contributed by atoms with E-state index in [9.17, 15) is 14.3 Å². The third kappa shape index (κ3) is 2.87. The highest BCUT2D eigenvalue weighted by molar-refractivity contribution is 5.79. The molecule has 3 rings (SSSR count). The van der Waals surface area contributed by atoms with Crippen LogP contribution in [0.4, 0.5) is 4.39 Å². The van der Waals surface area contributed by atoms with Gasteiger partial charge in [-0.1, -0.05) is 12.1 Å². The van der Waals surface area contributed by atoms with E-state index < -0.39 is 11.9 Å². The molecule has 4 nitrogen and oxygen atoms in total. The summed E-state index contributed by atoms with van der Waals surface area (Å²) < 4.78 is 19.6. The normalized spacial score (nSPS) is 14.8. The molecule has 0 saturated carbocycles. The van der Waals surface area contributed by atoms with Crippen LogP contribution in [0.5, 0.6) is 5.75 Å². The van der Waals surface area contributed by atoms with E-state index in [1.165, 1.54) is 6.07 Å². The maximum absolute atomic E-state index is 14.1. The van der Waals surface area contributed by atoms with Crippen molar-refractivity contribution < 1.29 is 19.0 Å². The summed E-state index contributed by atoms with van der Waals surface area (Å²) in [6, 6.07) is 8.59. The fourth-order valence-corrected chi connectivity index (χ4v) is 3.16. The van der Waals surface area contributed by atoms with Crippen LogP contribution in [-0.4, -0.2) is 24.7 Å². The predicted octanol–water partition coefficient (Wildman–Crippen LogP) is 3.34. The van der Waals surface area contributed by atoms with E-state index in [4.69, 9.17) is 4.74 Å². The first-order chi connectivity index (χ1) is 11.5. The number of rotatable bonds is 4. The second-order valence-corrected chi connectivity index (χ2v) is 6.00. The summed E-state index contributed by atoms with van der Waals surface area (Å²) in [6.07, 6.45) is 0.641. The first-order valence-electron chi connectivity index (χ1n) is 7.95. The van der Waals surface area contributed by atoms with Crippen molar-refractivity contribution in [2.75, 3.05) is 13.7 Å². The molecule has 1 heterocycles. The fourth-order valence-electron chi connectivity index (χ4n) is 3.16. The van der Waals surface area contributed by atoms with Crippen LogP contribution in [0.1, 0.15) is 29.5 Å². The third-order valence-electron chi connectivity index (χ3n) is 4.61. The number of hydrogen-bond acceptors (Lipinski definition) is 3. The topological polar surface area (TPSA) is 58.6 Å². The second-order valence-electron chi connectivity index (χ2n) is 6.00. The van der Waals surface area contributed by atoms with E-state index in [0.29, 0.717) is 24.3 Å². The number of fused-ring (bicyclic) bond motifs is 1. The van der Waals surface area contributed by atoms with Crippen molar-refractivity contribution in [2.45, 2.75) is 25.8 Å². The lowest BCUT2D eigenvalue weighted by molar-refractivity contribution is -0.138. The van der Waals surface area contributed by atoms with Gasteiger partial charge in [0.25, 0.3) is 0 Å². The molecule has 1 atom stereocenters. The smallest absolute Gasteiger partial charge is 0.310 e. The second kappa shape index (κ2) is 6.61. The molecule has 126 valence electrons. The number of methoxy groups -OCH3 is 1. The van der Waals surface area contributed by atoms with Crippen molar-refractivity contribution in [1.82, 2.24) is 5.32 Å². The SMILES string of the molecule is COc1ccc(C(C)C(=O)O)cc1-c1ccc(F)c2c1CNCC2. The Bertz CT molecular complexity index is 788. The van der Waals surface area contributed by atoms with Crippen LogP contribution in [0.15, 0.2) is 30.3 Å². The molecule has 0 aromatic heterocycles. The van der Waals surface area contributed by atoms with Crippen LogP contribution >= 0.6 is 0 Å². The molecular weight excluding hydrogens is 309 g/mol. The van der Waals surface area contributed by atoms with Gasteiger partial charge in [0.15, 0.2) is 0 Å². The highest BCUT2D eigenvalue weighted by Gasteiger charge is 2.21. The molecule has 0 amide bonds. The summed E-state index contributed by atoms with van der Waals surface area (Å²) in [5.41, 5.74) is 4.02. The molecule has 2 aromatic rings. The molecule has 1 unspecified atom stereocenters. The number of carboxylic acids is 1. The highest BCUT2D eigenvalue weighted by atomic mass is 19.1. The van der Waals surface area contributed by atoms with Crippen molar-refractivity contribution in [2.24, 2.45) is 0 Å². The molecule has 0 radical (unpaired) electrons. The van der Waals surface area contributed by atoms with Gasteiger partial charge >= 0.3 is 5.97 Å². The van der Waals surface area contributed by atoms with Crippen molar-refractivity contribution >= 4 is 5.97 Å². The van der Waals surface area contributed by atoms with Crippen LogP contribution < -0.4 is 10.1 Å². The van der Waals surface area contributed by atoms with E-state index in [2.05, 4.69) is 5.32 Å². The lowest BCUT2D eigenvalue weighted by Crippen LogP contribution is -2.25. The predicted molar refractivity (Wildman–Crippen MR) is 89.8 cm³/mol. The molecule has 0 aliphatic carbocycles. The van der Waals surface area contributed by atoms with E-state index in [-0.39, 0.29) is 5.82 Å². The molecule has 2 N–H and O–H groups in total. The summed E-state index contributed by atoms with van der Waals surface area (Å²) in [4.78, 5) is 11.3. The standard InChI is InChI=1S/C19H20FNO3/c1-11(19(22)23)12-3-6-18(24-2)15(9-12)13-4-5-17(20)14-7-8-21-10-16(13)14/h3-6,9,11,21H,7-8,10H2,1-2H3,(H,22,23). The fraction of sp³-hybridized carbons (Fsp3) is 0.316. The van der Waals surface area contributed by atoms with Gasteiger partial charge in [-0.15, -0.1) is 0 Å². The van der Waals surface area contributed by atoms with Gasteiger partial charge in [-0.25, -0.2) is 4.39 Å². The third-order valence-corrected chi connectivity index (χ3v) is 4.61. The molecule has 24 heavy (non-hydrogen) atoms. The van der Waals surface area contributed by atoms with Gasteiger partial charge in [-0.3, -0.25) is 4.79 Å². The van der Waals surface area contributed by atoms with Crippen LogP contribution in [0.25, 0.3) is 11.1 Å². The van der Waals surface area contributed by atoms with E-state index >= 15 is 0 Å². The van der Waals surface area contributed by atoms with E-state index in [1.54, 1.807) is 32.2 Å². The number of aliphatic carboxylic acids is 1. The minimum atomic E-state index is -0.881. The molecule has 5 heteroatoms. The van der Waals surface area contributed by atoms with Crippen LogP contribution in [0.2, 0.25) is 0 Å². The summed E-state index contributed by atoms with van der Waals surface area (Å²) >= 11 is 0. The quantitative estimate of drug-likeness (QED) is 0.903. The molecule has 0 spiro atoms. The molecule has 0 fully saturated rings. The molecule has 2 aromatic carbocycles. The Morgan fingerprint density at radius 1 is 1.25 bits per heavy atom. The maximum atomic E-state index is 14.1. The van der Waals surface area contributed by atoms with Gasteiger partial charge in [-0.2, -0.15) is 0 Å². The summed E-state index contributed by atoms with van der Waals surface area (Å²) in [7, 11) is 1.58.